The summed E-state index contributed by atoms with van der Waals surface area (Å²) in [6.45, 7) is 0. The predicted molar refractivity (Wildman–Crippen MR) is 158 cm³/mol. The minimum absolute atomic E-state index is 0.156. The Kier molecular flexibility index (Phi) is 10.8. The van der Waals surface area contributed by atoms with E-state index in [4.69, 9.17) is 11.6 Å². The highest BCUT2D eigenvalue weighted by molar-refractivity contribution is 7.99. The molecule has 0 saturated carbocycles. The molecule has 39 heavy (non-hydrogen) atoms. The smallest absolute Gasteiger partial charge is 0.267 e. The van der Waals surface area contributed by atoms with E-state index in [0.29, 0.717) is 11.3 Å². The van der Waals surface area contributed by atoms with Crippen LogP contribution in [0.25, 0.3) is 0 Å². The van der Waals surface area contributed by atoms with Crippen LogP contribution in [0.5, 0.6) is 0 Å². The molecule has 0 amide bonds. The Morgan fingerprint density at radius 1 is 0.821 bits per heavy atom. The van der Waals surface area contributed by atoms with Gasteiger partial charge in [-0.25, -0.2) is 12.4 Å². The van der Waals surface area contributed by atoms with Crippen molar-refractivity contribution in [3.63, 3.8) is 0 Å². The zero-order chi connectivity index (χ0) is 27.5. The molecule has 0 aliphatic heterocycles. The molecule has 2 aromatic heterocycles. The second-order valence-electron chi connectivity index (χ2n) is 9.35. The number of pyridine rings is 1. The number of aromatic nitrogens is 3. The van der Waals surface area contributed by atoms with E-state index in [1.165, 1.54) is 29.9 Å². The maximum atomic E-state index is 13.5. The fourth-order valence-corrected chi connectivity index (χ4v) is 6.91. The van der Waals surface area contributed by atoms with Crippen LogP contribution in [0.3, 0.4) is 0 Å². The number of aryl methyl sites for hydroxylation is 1. The van der Waals surface area contributed by atoms with E-state index in [0.717, 1.165) is 53.1 Å². The molecule has 2 heterocycles. The van der Waals surface area contributed by atoms with E-state index < -0.39 is 15.6 Å². The topological polar surface area (TPSA) is 81.9 Å². The minimum Gasteiger partial charge on any atom is -0.267 e. The Labute approximate surface area is 239 Å². The van der Waals surface area contributed by atoms with E-state index in [2.05, 4.69) is 22.1 Å². The third-order valence-corrected chi connectivity index (χ3v) is 9.43. The highest BCUT2D eigenvalue weighted by atomic mass is 35.5. The highest BCUT2D eigenvalue weighted by Crippen LogP contribution is 2.23. The van der Waals surface area contributed by atoms with Crippen LogP contribution in [0.2, 0.25) is 5.02 Å². The van der Waals surface area contributed by atoms with Crippen LogP contribution < -0.4 is 5.56 Å². The molecule has 4 aromatic rings. The first-order valence-electron chi connectivity index (χ1n) is 13.1. The zero-order valence-electron chi connectivity index (χ0n) is 21.7. The summed E-state index contributed by atoms with van der Waals surface area (Å²) >= 11 is 7.26. The molecule has 2 aromatic carbocycles. The molecule has 0 N–H and O–H groups in total. The number of rotatable bonds is 14. The molecule has 6 nitrogen and oxygen atoms in total. The number of thioether (sulfide) groups is 1. The lowest BCUT2D eigenvalue weighted by molar-refractivity contribution is 0.578. The molecule has 0 spiro atoms. The van der Waals surface area contributed by atoms with Gasteiger partial charge in [-0.3, -0.25) is 9.78 Å². The summed E-state index contributed by atoms with van der Waals surface area (Å²) in [5.41, 5.74) is 2.02. The maximum absolute atomic E-state index is 13.5. The molecular weight excluding hydrogens is 550 g/mol. The Bertz CT molecular complexity index is 1490. The van der Waals surface area contributed by atoms with Crippen molar-refractivity contribution >= 4 is 33.4 Å². The molecule has 0 aliphatic rings. The van der Waals surface area contributed by atoms with Crippen LogP contribution in [0, 0.1) is 0 Å². The Balaban J connectivity index is 1.35. The molecule has 0 bridgehead atoms. The van der Waals surface area contributed by atoms with Crippen molar-refractivity contribution in [3.8, 4) is 0 Å². The number of nitrogens with zero attached hydrogens (tertiary/aromatic N) is 3. The van der Waals surface area contributed by atoms with Gasteiger partial charge in [-0.15, -0.1) is 0 Å². The fraction of sp³-hybridized carbons (Fsp3) is 0.300. The lowest BCUT2D eigenvalue weighted by atomic mass is 10.1. The van der Waals surface area contributed by atoms with Crippen LogP contribution in [0.4, 0.5) is 0 Å². The Morgan fingerprint density at radius 3 is 2.26 bits per heavy atom. The van der Waals surface area contributed by atoms with Gasteiger partial charge in [0.25, 0.3) is 15.6 Å². The average molecular weight is 582 g/mol. The van der Waals surface area contributed by atoms with Crippen molar-refractivity contribution in [2.45, 2.75) is 61.4 Å². The standard InChI is InChI=1S/C30H32ClN3O3S2/c31-27-17-15-24(16-18-27)11-6-3-1-2-4-9-20-38-30-33-29(35)26(21-25-12-10-19-32-22-25)23-34(30)39(36,37)28-13-7-5-8-14-28/h5,7-8,10,12-19,22-23H,1-4,6,9,11,20-21H2. The molecule has 9 heteroatoms. The van der Waals surface area contributed by atoms with Crippen molar-refractivity contribution in [1.29, 1.82) is 0 Å². The second-order valence-corrected chi connectivity index (χ2v) is 12.7. The molecule has 0 saturated heterocycles. The van der Waals surface area contributed by atoms with Gasteiger partial charge >= 0.3 is 0 Å². The largest absolute Gasteiger partial charge is 0.277 e. The monoisotopic (exact) mass is 581 g/mol. The lowest BCUT2D eigenvalue weighted by Gasteiger charge is -2.14. The van der Waals surface area contributed by atoms with Gasteiger partial charge in [0.1, 0.15) is 0 Å². The van der Waals surface area contributed by atoms with Crippen LogP contribution in [0.1, 0.15) is 55.2 Å². The number of benzene rings is 2. The maximum Gasteiger partial charge on any atom is 0.277 e. The first-order valence-corrected chi connectivity index (χ1v) is 15.9. The Morgan fingerprint density at radius 2 is 1.54 bits per heavy atom. The van der Waals surface area contributed by atoms with Gasteiger partial charge in [0.05, 0.1) is 4.90 Å². The van der Waals surface area contributed by atoms with Crippen molar-refractivity contribution in [2.24, 2.45) is 0 Å². The number of hydrogen-bond donors (Lipinski definition) is 0. The van der Waals surface area contributed by atoms with Gasteiger partial charge in [-0.1, -0.05) is 85.4 Å². The number of hydrogen-bond acceptors (Lipinski definition) is 6. The SMILES string of the molecule is O=c1nc(SCCCCCCCCc2ccc(Cl)cc2)n(S(=O)(=O)c2ccccc2)cc1Cc1cccnc1. The minimum atomic E-state index is -3.91. The molecule has 0 aliphatic carbocycles. The van der Waals surface area contributed by atoms with Crippen molar-refractivity contribution in [2.75, 3.05) is 5.75 Å². The number of halogens is 1. The predicted octanol–water partition coefficient (Wildman–Crippen LogP) is 6.79. The third kappa shape index (κ3) is 8.52. The van der Waals surface area contributed by atoms with E-state index in [9.17, 15) is 13.2 Å². The zero-order valence-corrected chi connectivity index (χ0v) is 24.1. The van der Waals surface area contributed by atoms with Gasteiger partial charge in [0, 0.05) is 41.4 Å². The molecule has 0 fully saturated rings. The van der Waals surface area contributed by atoms with Gasteiger partial charge < -0.3 is 0 Å². The van der Waals surface area contributed by atoms with Crippen LogP contribution in [0.15, 0.2) is 100 Å². The van der Waals surface area contributed by atoms with Gasteiger partial charge in [0.2, 0.25) is 0 Å². The van der Waals surface area contributed by atoms with E-state index >= 15 is 0 Å². The summed E-state index contributed by atoms with van der Waals surface area (Å²) in [6, 6.07) is 19.9. The van der Waals surface area contributed by atoms with Crippen LogP contribution in [-0.4, -0.2) is 28.1 Å². The van der Waals surface area contributed by atoms with E-state index in [1.54, 1.807) is 48.8 Å². The molecule has 0 atom stereocenters. The summed E-state index contributed by atoms with van der Waals surface area (Å²) in [6.07, 6.45) is 12.6. The van der Waals surface area contributed by atoms with E-state index in [1.807, 2.05) is 18.2 Å². The van der Waals surface area contributed by atoms with Crippen molar-refractivity contribution in [3.05, 3.63) is 117 Å². The normalized spacial score (nSPS) is 11.5. The summed E-state index contributed by atoms with van der Waals surface area (Å²) in [5.74, 6) is 0.684. The summed E-state index contributed by atoms with van der Waals surface area (Å²) in [5, 5.41) is 0.962. The summed E-state index contributed by atoms with van der Waals surface area (Å²) in [7, 11) is -3.91. The molecule has 204 valence electrons. The van der Waals surface area contributed by atoms with Crippen LogP contribution in [-0.2, 0) is 22.9 Å². The molecule has 4 rings (SSSR count). The van der Waals surface area contributed by atoms with Gasteiger partial charge in [0.15, 0.2) is 5.16 Å². The third-order valence-electron chi connectivity index (χ3n) is 6.36. The summed E-state index contributed by atoms with van der Waals surface area (Å²) < 4.78 is 28.2. The highest BCUT2D eigenvalue weighted by Gasteiger charge is 2.22. The molecule has 0 radical (unpaired) electrons. The fourth-order valence-electron chi connectivity index (χ4n) is 4.23. The van der Waals surface area contributed by atoms with E-state index in [-0.39, 0.29) is 16.5 Å². The van der Waals surface area contributed by atoms with Gasteiger partial charge in [-0.05, 0) is 60.7 Å². The second kappa shape index (κ2) is 14.4. The van der Waals surface area contributed by atoms with Crippen LogP contribution >= 0.6 is 23.4 Å². The van der Waals surface area contributed by atoms with Crippen molar-refractivity contribution in [1.82, 2.24) is 13.9 Å². The molecular formula is C30H32ClN3O3S2. The first kappa shape index (κ1) is 29.1. The summed E-state index contributed by atoms with van der Waals surface area (Å²) in [4.78, 5) is 21.3. The lowest BCUT2D eigenvalue weighted by Crippen LogP contribution is -2.24. The Hall–Kier alpha value is -2.94. The van der Waals surface area contributed by atoms with Gasteiger partial charge in [-0.2, -0.15) is 4.98 Å². The quantitative estimate of drug-likeness (QED) is 0.0925. The van der Waals surface area contributed by atoms with Crippen molar-refractivity contribution < 1.29 is 8.42 Å². The number of unbranched alkanes of at least 4 members (excludes halogenated alkanes) is 5. The molecule has 0 unspecified atom stereocenters. The average Bonchev–Trinajstić information content (AvgIpc) is 2.95. The first-order chi connectivity index (χ1) is 18.9.